The Labute approximate surface area is 580 Å². The lowest BCUT2D eigenvalue weighted by molar-refractivity contribution is -0.352. The highest BCUT2D eigenvalue weighted by Gasteiger charge is 2.79. The van der Waals surface area contributed by atoms with Gasteiger partial charge in [-0.2, -0.15) is 0 Å². The number of carbonyl (C=O) groups excluding carboxylic acids is 6. The Kier molecular flexibility index (Phi) is 18.8. The normalized spacial score (nSPS) is 23.8. The summed E-state index contributed by atoms with van der Waals surface area (Å²) in [6.45, 7) is 7.32. The molecule has 3 aliphatic carbocycles. The third kappa shape index (κ3) is 12.2. The van der Waals surface area contributed by atoms with Crippen LogP contribution in [0.4, 0.5) is 9.59 Å². The molecular formula is C85H76O15. The van der Waals surface area contributed by atoms with Crippen molar-refractivity contribution in [3.8, 4) is 0 Å². The Bertz CT molecular complexity index is 4300. The van der Waals surface area contributed by atoms with Crippen LogP contribution in [0.25, 0.3) is 6.08 Å². The van der Waals surface area contributed by atoms with Crippen LogP contribution in [-0.2, 0) is 70.1 Å². The van der Waals surface area contributed by atoms with Gasteiger partial charge in [0, 0.05) is 81.7 Å². The molecule has 0 aromatic heterocycles. The van der Waals surface area contributed by atoms with Gasteiger partial charge in [0.15, 0.2) is 34.5 Å². The van der Waals surface area contributed by atoms with E-state index in [1.807, 2.05) is 218 Å². The number of benzene rings is 9. The molecule has 9 aromatic rings. The standard InChI is InChI=1S/C85H76O15/c1-56-68(95-71(87)51-48-58-46-49-61(50-47-58)73(88)60-32-16-7-17-33-60)53-83(92)77(93-54-59-30-14-6-15-31-59)75-81(5,76(89)74(72(56)80(83,3)4)97-79(91)100-85(65-40-24-11-25-41-65,66-42-26-12-27-43-66)67-44-28-13-29-45-67)69(52-70-82(75,55-94-70)98-57(2)86)96-78(90)99-84(62-34-18-8-19-35-62,63-36-20-9-21-37-63)64-38-22-10-23-39-64/h6-51,68-70,74-75,77,92H,52-55H2,1-5H3/b51-48+/t68-,69-,70+,74+,75-,77-,81+,82-,83+/m0/s1. The van der Waals surface area contributed by atoms with E-state index in [1.165, 1.54) is 19.1 Å². The largest absolute Gasteiger partial charge is 0.510 e. The average molecular weight is 1340 g/mol. The van der Waals surface area contributed by atoms with Crippen molar-refractivity contribution in [3.63, 3.8) is 0 Å². The highest BCUT2D eigenvalue weighted by Crippen LogP contribution is 2.65. The number of rotatable bonds is 19. The summed E-state index contributed by atoms with van der Waals surface area (Å²) >= 11 is 0. The quantitative estimate of drug-likeness (QED) is 0.0200. The topological polar surface area (TPSA) is 196 Å². The van der Waals surface area contributed by atoms with Crippen molar-refractivity contribution in [2.24, 2.45) is 16.7 Å². The number of hydrogen-bond acceptors (Lipinski definition) is 15. The molecule has 4 aliphatic rings. The van der Waals surface area contributed by atoms with Gasteiger partial charge in [-0.3, -0.25) is 14.4 Å². The number of fused-ring (bicyclic) bond motifs is 5. The fraction of sp³-hybridized carbons (Fsp3) is 0.247. The Morgan fingerprint density at radius 2 is 0.970 bits per heavy atom. The first-order valence-electron chi connectivity index (χ1n) is 33.5. The summed E-state index contributed by atoms with van der Waals surface area (Å²) in [5.41, 5.74) is -5.88. The van der Waals surface area contributed by atoms with E-state index in [2.05, 4.69) is 0 Å². The van der Waals surface area contributed by atoms with Crippen LogP contribution < -0.4 is 0 Å². The summed E-state index contributed by atoms with van der Waals surface area (Å²) in [7, 11) is 0. The summed E-state index contributed by atoms with van der Waals surface area (Å²) in [6, 6.07) is 79.6. The van der Waals surface area contributed by atoms with E-state index in [0.717, 1.165) is 0 Å². The van der Waals surface area contributed by atoms with E-state index in [1.54, 1.807) is 76.2 Å². The third-order valence-corrected chi connectivity index (χ3v) is 20.8. The Morgan fingerprint density at radius 1 is 0.550 bits per heavy atom. The van der Waals surface area contributed by atoms with Crippen molar-refractivity contribution in [2.45, 2.75) is 107 Å². The molecule has 1 heterocycles. The molecule has 506 valence electrons. The molecule has 2 saturated carbocycles. The lowest BCUT2D eigenvalue weighted by Crippen LogP contribution is -2.82. The first kappa shape index (κ1) is 67.7. The highest BCUT2D eigenvalue weighted by molar-refractivity contribution is 6.09. The Morgan fingerprint density at radius 3 is 1.40 bits per heavy atom. The lowest BCUT2D eigenvalue weighted by atomic mass is 9.44. The van der Waals surface area contributed by atoms with Crippen LogP contribution in [0.1, 0.15) is 108 Å². The van der Waals surface area contributed by atoms with Gasteiger partial charge >= 0.3 is 24.2 Å². The van der Waals surface area contributed by atoms with Gasteiger partial charge in [-0.15, -0.1) is 0 Å². The maximum absolute atomic E-state index is 17.7. The van der Waals surface area contributed by atoms with Crippen LogP contribution in [0, 0.1) is 16.7 Å². The zero-order chi connectivity index (χ0) is 69.9. The molecule has 9 atom stereocenters. The number of aliphatic hydroxyl groups is 1. The van der Waals surface area contributed by atoms with E-state index < -0.39 is 106 Å². The van der Waals surface area contributed by atoms with Crippen LogP contribution >= 0.6 is 0 Å². The van der Waals surface area contributed by atoms with Gasteiger partial charge in [0.05, 0.1) is 24.7 Å². The molecule has 1 N–H and O–H groups in total. The fourth-order valence-corrected chi connectivity index (χ4v) is 15.8. The molecule has 15 nitrogen and oxygen atoms in total. The first-order chi connectivity index (χ1) is 48.3. The summed E-state index contributed by atoms with van der Waals surface area (Å²) < 4.78 is 54.5. The first-order valence-corrected chi connectivity index (χ1v) is 33.5. The van der Waals surface area contributed by atoms with Crippen LogP contribution in [0.3, 0.4) is 0 Å². The van der Waals surface area contributed by atoms with Crippen LogP contribution in [0.2, 0.25) is 0 Å². The summed E-state index contributed by atoms with van der Waals surface area (Å²) in [6.07, 6.45) is -8.38. The molecule has 15 heteroatoms. The lowest BCUT2D eigenvalue weighted by Gasteiger charge is -2.68. The number of ketones is 2. The molecule has 3 fully saturated rings. The van der Waals surface area contributed by atoms with Crippen molar-refractivity contribution < 1.29 is 71.8 Å². The fourth-order valence-electron chi connectivity index (χ4n) is 15.8. The smallest absolute Gasteiger partial charge is 0.455 e. The predicted octanol–water partition coefficient (Wildman–Crippen LogP) is 15.2. The molecule has 1 saturated heterocycles. The van der Waals surface area contributed by atoms with Crippen LogP contribution in [0.5, 0.6) is 0 Å². The van der Waals surface area contributed by atoms with Gasteiger partial charge in [0.1, 0.15) is 23.9 Å². The van der Waals surface area contributed by atoms with E-state index >= 15 is 14.4 Å². The molecule has 100 heavy (non-hydrogen) atoms. The number of carbonyl (C=O) groups is 6. The van der Waals surface area contributed by atoms with Crippen LogP contribution in [-0.4, -0.2) is 89.3 Å². The average Bonchev–Trinajstić information content (AvgIpc) is 0.667. The van der Waals surface area contributed by atoms with Gasteiger partial charge < -0.3 is 43.0 Å². The number of esters is 2. The maximum atomic E-state index is 17.7. The van der Waals surface area contributed by atoms with Gasteiger partial charge in [-0.05, 0) is 42.2 Å². The van der Waals surface area contributed by atoms with Crippen molar-refractivity contribution in [3.05, 3.63) is 340 Å². The second-order valence-corrected chi connectivity index (χ2v) is 26.7. The van der Waals surface area contributed by atoms with E-state index in [9.17, 15) is 19.5 Å². The molecule has 13 rings (SSSR count). The van der Waals surface area contributed by atoms with E-state index in [-0.39, 0.29) is 36.6 Å². The van der Waals surface area contributed by atoms with Gasteiger partial charge in [-0.25, -0.2) is 14.4 Å². The minimum absolute atomic E-state index is 0.0208. The van der Waals surface area contributed by atoms with E-state index in [0.29, 0.717) is 55.6 Å². The predicted molar refractivity (Wildman–Crippen MR) is 373 cm³/mol. The van der Waals surface area contributed by atoms with Gasteiger partial charge in [0.2, 0.25) is 0 Å². The second-order valence-electron chi connectivity index (χ2n) is 26.7. The maximum Gasteiger partial charge on any atom is 0.510 e. The second kappa shape index (κ2) is 27.8. The minimum Gasteiger partial charge on any atom is -0.455 e. The van der Waals surface area contributed by atoms with Crippen molar-refractivity contribution in [1.29, 1.82) is 0 Å². The van der Waals surface area contributed by atoms with Crippen LogP contribution in [0.15, 0.2) is 284 Å². The summed E-state index contributed by atoms with van der Waals surface area (Å²) in [5.74, 6) is -4.24. The number of Topliss-reactive ketones (excluding diaryl/α,β-unsaturated/α-hetero) is 1. The summed E-state index contributed by atoms with van der Waals surface area (Å²) in [5, 5.41) is 14.8. The monoisotopic (exact) mass is 1340 g/mol. The Balaban J connectivity index is 0.988. The molecule has 0 spiro atoms. The van der Waals surface area contributed by atoms with Crippen molar-refractivity contribution in [1.82, 2.24) is 0 Å². The molecule has 1 aliphatic heterocycles. The SMILES string of the molecule is CC(=O)O[C@@]12CO[C@@H]1C[C@H](OC(=O)OC(c1ccccc1)(c1ccccc1)c1ccccc1)[C@@]1(C)C(=O)[C@H](OC(=O)OC(c3ccccc3)(c3ccccc3)c3ccccc3)C3=C(C)[C@@H](OC(=O)/C=C/c4ccc(C(=O)c5ccccc5)cc4)C[C@@](O)([C@@H](OCc4ccccc4)[C@H]21)C3(C)C. The molecule has 2 bridgehead atoms. The molecule has 0 unspecified atom stereocenters. The number of ether oxygens (including phenoxy) is 8. The van der Waals surface area contributed by atoms with Gasteiger partial charge in [-0.1, -0.05) is 281 Å². The van der Waals surface area contributed by atoms with E-state index in [4.69, 9.17) is 37.9 Å². The molecule has 0 radical (unpaired) electrons. The minimum atomic E-state index is -2.33. The zero-order valence-corrected chi connectivity index (χ0v) is 56.0. The molecule has 9 aromatic carbocycles. The Hall–Kier alpha value is -10.8. The molecular weight excluding hydrogens is 1260 g/mol. The zero-order valence-electron chi connectivity index (χ0n) is 56.0. The number of hydrogen-bond donors (Lipinski definition) is 1. The summed E-state index contributed by atoms with van der Waals surface area (Å²) in [4.78, 5) is 91.8. The molecule has 0 amide bonds. The highest BCUT2D eigenvalue weighted by atomic mass is 16.7. The van der Waals surface area contributed by atoms with Crippen molar-refractivity contribution >= 4 is 41.9 Å². The van der Waals surface area contributed by atoms with Gasteiger partial charge in [0.25, 0.3) is 0 Å². The third-order valence-electron chi connectivity index (χ3n) is 20.8. The van der Waals surface area contributed by atoms with Crippen molar-refractivity contribution in [2.75, 3.05) is 6.61 Å².